The molecular formula is C10H16N2O2S. The second-order valence-corrected chi connectivity index (χ2v) is 4.11. The van der Waals surface area contributed by atoms with Crippen LogP contribution in [-0.2, 0) is 4.79 Å². The van der Waals surface area contributed by atoms with Crippen molar-refractivity contribution in [3.63, 3.8) is 0 Å². The molecule has 0 aromatic carbocycles. The van der Waals surface area contributed by atoms with Crippen molar-refractivity contribution in [2.45, 2.75) is 25.5 Å². The van der Waals surface area contributed by atoms with Crippen LogP contribution in [-0.4, -0.2) is 23.6 Å². The molecule has 1 heterocycles. The molecule has 5 heteroatoms. The highest BCUT2D eigenvalue weighted by molar-refractivity contribution is 7.07. The van der Waals surface area contributed by atoms with Gasteiger partial charge in [-0.1, -0.05) is 6.92 Å². The average Bonchev–Trinajstić information content (AvgIpc) is 2.77. The zero-order chi connectivity index (χ0) is 11.3. The Balaban J connectivity index is 2.34. The Morgan fingerprint density at radius 3 is 3.00 bits per heavy atom. The van der Waals surface area contributed by atoms with E-state index in [4.69, 9.17) is 5.73 Å². The summed E-state index contributed by atoms with van der Waals surface area (Å²) in [6.45, 7) is 2.06. The maximum atomic E-state index is 11.3. The van der Waals surface area contributed by atoms with Crippen LogP contribution in [0.15, 0.2) is 16.8 Å². The summed E-state index contributed by atoms with van der Waals surface area (Å²) in [5.41, 5.74) is 6.35. The molecular weight excluding hydrogens is 212 g/mol. The third kappa shape index (κ3) is 3.62. The topological polar surface area (TPSA) is 75.4 Å². The van der Waals surface area contributed by atoms with Crippen LogP contribution in [0.25, 0.3) is 0 Å². The first-order valence-corrected chi connectivity index (χ1v) is 5.83. The molecule has 0 aliphatic carbocycles. The van der Waals surface area contributed by atoms with Crippen LogP contribution < -0.4 is 11.1 Å². The van der Waals surface area contributed by atoms with E-state index >= 15 is 0 Å². The first kappa shape index (κ1) is 12.2. The van der Waals surface area contributed by atoms with Crippen LogP contribution in [0.2, 0.25) is 0 Å². The molecule has 1 unspecified atom stereocenters. The quantitative estimate of drug-likeness (QED) is 0.692. The van der Waals surface area contributed by atoms with Gasteiger partial charge in [0.15, 0.2) is 0 Å². The van der Waals surface area contributed by atoms with Gasteiger partial charge in [0.2, 0.25) is 5.91 Å². The predicted molar refractivity (Wildman–Crippen MR) is 60.6 cm³/mol. The minimum atomic E-state index is -0.649. The van der Waals surface area contributed by atoms with Gasteiger partial charge in [0.05, 0.1) is 12.1 Å². The fraction of sp³-hybridized carbons (Fsp3) is 0.500. The molecule has 4 N–H and O–H groups in total. The number of rotatable bonds is 5. The first-order chi connectivity index (χ1) is 7.15. The summed E-state index contributed by atoms with van der Waals surface area (Å²) < 4.78 is 0. The Labute approximate surface area is 93.1 Å². The molecule has 0 saturated carbocycles. The Kier molecular flexibility index (Phi) is 4.74. The van der Waals surface area contributed by atoms with E-state index in [1.165, 1.54) is 11.3 Å². The van der Waals surface area contributed by atoms with E-state index in [9.17, 15) is 9.90 Å². The Bertz CT molecular complexity index is 300. The third-order valence-corrected chi connectivity index (χ3v) is 2.88. The summed E-state index contributed by atoms with van der Waals surface area (Å²) in [6, 6.07) is 1.35. The highest BCUT2D eigenvalue weighted by Crippen LogP contribution is 2.14. The molecule has 0 aliphatic heterocycles. The van der Waals surface area contributed by atoms with E-state index < -0.39 is 12.1 Å². The number of carbonyl (C=O) groups excluding carboxylic acids is 1. The molecule has 0 bridgehead atoms. The number of amides is 1. The second-order valence-electron chi connectivity index (χ2n) is 3.33. The number of nitrogens with two attached hydrogens (primary N) is 1. The van der Waals surface area contributed by atoms with Crippen molar-refractivity contribution in [1.82, 2.24) is 5.32 Å². The molecule has 84 valence electrons. The van der Waals surface area contributed by atoms with Crippen molar-refractivity contribution >= 4 is 17.2 Å². The lowest BCUT2D eigenvalue weighted by Crippen LogP contribution is -2.41. The number of nitrogens with one attached hydrogen (secondary N) is 1. The number of carbonyl (C=O) groups is 1. The lowest BCUT2D eigenvalue weighted by atomic mass is 10.2. The SMILES string of the molecule is CC[C@@H](N)C(=O)NCC(O)c1ccsc1. The van der Waals surface area contributed by atoms with Gasteiger partial charge in [-0.2, -0.15) is 11.3 Å². The number of hydrogen-bond acceptors (Lipinski definition) is 4. The molecule has 1 amide bonds. The number of aliphatic hydroxyl groups excluding tert-OH is 1. The lowest BCUT2D eigenvalue weighted by molar-refractivity contribution is -0.122. The van der Waals surface area contributed by atoms with Crippen molar-refractivity contribution in [1.29, 1.82) is 0 Å². The predicted octanol–water partition coefficient (Wildman–Crippen LogP) is 0.635. The summed E-state index contributed by atoms with van der Waals surface area (Å²) in [4.78, 5) is 11.3. The van der Waals surface area contributed by atoms with E-state index in [-0.39, 0.29) is 12.5 Å². The zero-order valence-corrected chi connectivity index (χ0v) is 9.46. The molecule has 1 aromatic heterocycles. The molecule has 4 nitrogen and oxygen atoms in total. The fourth-order valence-corrected chi connectivity index (χ4v) is 1.80. The van der Waals surface area contributed by atoms with E-state index in [1.54, 1.807) is 0 Å². The van der Waals surface area contributed by atoms with Gasteiger partial charge in [-0.15, -0.1) is 0 Å². The number of aliphatic hydroxyl groups is 1. The van der Waals surface area contributed by atoms with E-state index in [0.717, 1.165) is 5.56 Å². The van der Waals surface area contributed by atoms with Gasteiger partial charge in [0, 0.05) is 6.54 Å². The van der Waals surface area contributed by atoms with Crippen molar-refractivity contribution in [3.8, 4) is 0 Å². The molecule has 0 saturated heterocycles. The van der Waals surface area contributed by atoms with Gasteiger partial charge in [0.25, 0.3) is 0 Å². The number of thiophene rings is 1. The van der Waals surface area contributed by atoms with Gasteiger partial charge in [-0.25, -0.2) is 0 Å². The monoisotopic (exact) mass is 228 g/mol. The fourth-order valence-electron chi connectivity index (χ4n) is 1.10. The summed E-state index contributed by atoms with van der Waals surface area (Å²) >= 11 is 1.52. The standard InChI is InChI=1S/C10H16N2O2S/c1-2-8(11)10(14)12-5-9(13)7-3-4-15-6-7/h3-4,6,8-9,13H,2,5,11H2,1H3,(H,12,14)/t8-,9?/m1/s1. The maximum absolute atomic E-state index is 11.3. The summed E-state index contributed by atoms with van der Waals surface area (Å²) in [6.07, 6.45) is -0.0512. The lowest BCUT2D eigenvalue weighted by Gasteiger charge is -2.13. The second kappa shape index (κ2) is 5.85. The largest absolute Gasteiger partial charge is 0.387 e. The van der Waals surface area contributed by atoms with Crippen LogP contribution in [0.5, 0.6) is 0 Å². The highest BCUT2D eigenvalue weighted by Gasteiger charge is 2.13. The van der Waals surface area contributed by atoms with Crippen LogP contribution in [0.1, 0.15) is 25.0 Å². The Morgan fingerprint density at radius 1 is 1.73 bits per heavy atom. The van der Waals surface area contributed by atoms with Gasteiger partial charge in [-0.05, 0) is 28.8 Å². The van der Waals surface area contributed by atoms with Gasteiger partial charge in [0.1, 0.15) is 0 Å². The Hall–Kier alpha value is -0.910. The molecule has 1 rings (SSSR count). The van der Waals surface area contributed by atoms with Crippen molar-refractivity contribution in [2.24, 2.45) is 5.73 Å². The van der Waals surface area contributed by atoms with Crippen molar-refractivity contribution in [3.05, 3.63) is 22.4 Å². The Morgan fingerprint density at radius 2 is 2.47 bits per heavy atom. The molecule has 15 heavy (non-hydrogen) atoms. The first-order valence-electron chi connectivity index (χ1n) is 4.88. The minimum Gasteiger partial charge on any atom is -0.387 e. The van der Waals surface area contributed by atoms with E-state index in [0.29, 0.717) is 6.42 Å². The van der Waals surface area contributed by atoms with E-state index in [2.05, 4.69) is 5.32 Å². The summed E-state index contributed by atoms with van der Waals surface area (Å²) in [7, 11) is 0. The van der Waals surface area contributed by atoms with Gasteiger partial charge >= 0.3 is 0 Å². The molecule has 0 radical (unpaired) electrons. The van der Waals surface area contributed by atoms with Gasteiger partial charge < -0.3 is 16.2 Å². The molecule has 2 atom stereocenters. The van der Waals surface area contributed by atoms with Crippen LogP contribution in [0.3, 0.4) is 0 Å². The molecule has 0 fully saturated rings. The third-order valence-electron chi connectivity index (χ3n) is 2.17. The maximum Gasteiger partial charge on any atom is 0.237 e. The molecule has 1 aromatic rings. The highest BCUT2D eigenvalue weighted by atomic mass is 32.1. The van der Waals surface area contributed by atoms with Crippen molar-refractivity contribution < 1.29 is 9.90 Å². The van der Waals surface area contributed by atoms with Crippen LogP contribution in [0, 0.1) is 0 Å². The van der Waals surface area contributed by atoms with Crippen molar-refractivity contribution in [2.75, 3.05) is 6.54 Å². The normalized spacial score (nSPS) is 14.6. The zero-order valence-electron chi connectivity index (χ0n) is 8.64. The summed E-state index contributed by atoms with van der Waals surface area (Å²) in [5.74, 6) is -0.216. The average molecular weight is 228 g/mol. The molecule has 0 spiro atoms. The summed E-state index contributed by atoms with van der Waals surface area (Å²) in [5, 5.41) is 16.0. The smallest absolute Gasteiger partial charge is 0.237 e. The molecule has 0 aliphatic rings. The van der Waals surface area contributed by atoms with Crippen LogP contribution in [0.4, 0.5) is 0 Å². The number of hydrogen-bond donors (Lipinski definition) is 3. The van der Waals surface area contributed by atoms with Gasteiger partial charge in [-0.3, -0.25) is 4.79 Å². The van der Waals surface area contributed by atoms with E-state index in [1.807, 2.05) is 23.8 Å². The van der Waals surface area contributed by atoms with Crippen LogP contribution >= 0.6 is 11.3 Å². The minimum absolute atomic E-state index is 0.212.